The molecule has 21 heavy (non-hydrogen) atoms. The summed E-state index contributed by atoms with van der Waals surface area (Å²) in [5.74, 6) is 2.52. The van der Waals surface area contributed by atoms with Crippen molar-refractivity contribution in [2.45, 2.75) is 38.8 Å². The minimum atomic E-state index is 0.247. The molecule has 0 radical (unpaired) electrons. The molecule has 6 heteroatoms. The summed E-state index contributed by atoms with van der Waals surface area (Å²) >= 11 is 0. The predicted octanol–water partition coefficient (Wildman–Crippen LogP) is 1.49. The normalized spacial score (nSPS) is 25.6. The lowest BCUT2D eigenvalue weighted by atomic mass is 10.2. The van der Waals surface area contributed by atoms with E-state index in [9.17, 15) is 0 Å². The minimum absolute atomic E-state index is 0.247. The van der Waals surface area contributed by atoms with E-state index in [2.05, 4.69) is 32.4 Å². The first-order valence-electron chi connectivity index (χ1n) is 7.93. The summed E-state index contributed by atoms with van der Waals surface area (Å²) in [6.45, 7) is 8.76. The van der Waals surface area contributed by atoms with Gasteiger partial charge < -0.3 is 15.4 Å². The maximum absolute atomic E-state index is 5.96. The van der Waals surface area contributed by atoms with Crippen LogP contribution in [0.4, 0.5) is 11.6 Å². The number of fused-ring (bicyclic) bond motifs is 1. The van der Waals surface area contributed by atoms with Crippen molar-refractivity contribution in [1.29, 1.82) is 0 Å². The van der Waals surface area contributed by atoms with Crippen LogP contribution in [0.3, 0.4) is 0 Å². The first-order chi connectivity index (χ1) is 10.2. The van der Waals surface area contributed by atoms with Gasteiger partial charge in [-0.2, -0.15) is 0 Å². The molecule has 0 aliphatic carbocycles. The van der Waals surface area contributed by atoms with Crippen molar-refractivity contribution in [2.24, 2.45) is 0 Å². The number of aromatic nitrogens is 2. The van der Waals surface area contributed by atoms with Crippen LogP contribution in [-0.2, 0) is 4.74 Å². The highest BCUT2D eigenvalue weighted by Gasteiger charge is 2.31. The Morgan fingerprint density at radius 2 is 2.14 bits per heavy atom. The molecule has 3 rings (SSSR count). The summed E-state index contributed by atoms with van der Waals surface area (Å²) in [6, 6.07) is 2.61. The molecule has 0 aromatic carbocycles. The third kappa shape index (κ3) is 3.63. The minimum Gasteiger partial charge on any atom is -0.373 e. The van der Waals surface area contributed by atoms with Crippen molar-refractivity contribution in [1.82, 2.24) is 14.9 Å². The Balaban J connectivity index is 1.55. The molecular formula is C15H25N5O. The topological polar surface area (TPSA) is 62.3 Å². The summed E-state index contributed by atoms with van der Waals surface area (Å²) in [4.78, 5) is 11.4. The first-order valence-corrected chi connectivity index (χ1v) is 7.93. The fourth-order valence-electron chi connectivity index (χ4n) is 3.16. The molecule has 2 atom stereocenters. The van der Waals surface area contributed by atoms with Crippen LogP contribution < -0.4 is 10.6 Å². The van der Waals surface area contributed by atoms with Gasteiger partial charge in [0, 0.05) is 31.7 Å². The highest BCUT2D eigenvalue weighted by molar-refractivity contribution is 5.47. The molecule has 0 spiro atoms. The van der Waals surface area contributed by atoms with Gasteiger partial charge >= 0.3 is 0 Å². The molecule has 2 unspecified atom stereocenters. The molecule has 1 aromatic heterocycles. The molecule has 2 fully saturated rings. The molecule has 0 bridgehead atoms. The Kier molecular flexibility index (Phi) is 4.55. The second-order valence-corrected chi connectivity index (χ2v) is 5.84. The van der Waals surface area contributed by atoms with Gasteiger partial charge in [0.1, 0.15) is 17.5 Å². The molecule has 0 amide bonds. The Labute approximate surface area is 126 Å². The quantitative estimate of drug-likeness (QED) is 0.857. The van der Waals surface area contributed by atoms with E-state index in [1.54, 1.807) is 0 Å². The van der Waals surface area contributed by atoms with Crippen LogP contribution in [-0.4, -0.2) is 59.8 Å². The molecule has 3 heterocycles. The predicted molar refractivity (Wildman–Crippen MR) is 83.8 cm³/mol. The largest absolute Gasteiger partial charge is 0.373 e. The first kappa shape index (κ1) is 14.5. The summed E-state index contributed by atoms with van der Waals surface area (Å²) in [7, 11) is 0. The van der Waals surface area contributed by atoms with Crippen molar-refractivity contribution in [2.75, 3.05) is 43.4 Å². The van der Waals surface area contributed by atoms with E-state index in [-0.39, 0.29) is 6.10 Å². The van der Waals surface area contributed by atoms with Gasteiger partial charge in [-0.3, -0.25) is 4.90 Å². The van der Waals surface area contributed by atoms with Gasteiger partial charge in [0.25, 0.3) is 0 Å². The summed E-state index contributed by atoms with van der Waals surface area (Å²) in [5.41, 5.74) is 0. The number of nitrogens with one attached hydrogen (secondary N) is 2. The third-order valence-electron chi connectivity index (χ3n) is 4.17. The van der Waals surface area contributed by atoms with Gasteiger partial charge in [0.15, 0.2) is 0 Å². The van der Waals surface area contributed by atoms with Gasteiger partial charge in [-0.05, 0) is 33.2 Å². The Morgan fingerprint density at radius 1 is 1.33 bits per heavy atom. The Morgan fingerprint density at radius 3 is 2.95 bits per heavy atom. The lowest BCUT2D eigenvalue weighted by Gasteiger charge is -2.35. The molecule has 0 saturated carbocycles. The number of ether oxygens (including phenoxy) is 1. The zero-order valence-electron chi connectivity index (χ0n) is 12.9. The molecule has 6 nitrogen and oxygen atoms in total. The lowest BCUT2D eigenvalue weighted by molar-refractivity contribution is -0.0416. The second-order valence-electron chi connectivity index (χ2n) is 5.84. The molecular weight excluding hydrogens is 266 g/mol. The smallest absolute Gasteiger partial charge is 0.131 e. The Bertz CT molecular complexity index is 481. The van der Waals surface area contributed by atoms with Gasteiger partial charge in [-0.1, -0.05) is 0 Å². The monoisotopic (exact) mass is 291 g/mol. The third-order valence-corrected chi connectivity index (χ3v) is 4.17. The van der Waals surface area contributed by atoms with Crippen molar-refractivity contribution in [3.63, 3.8) is 0 Å². The number of hydrogen-bond acceptors (Lipinski definition) is 6. The standard InChI is InChI=1S/C15H25N5O/c1-3-16-14-7-15(19-11(2)18-14)17-8-13-9-20-6-4-5-12(20)10-21-13/h7,12-13H,3-6,8-10H2,1-2H3,(H2,16,17,18,19). The van der Waals surface area contributed by atoms with Crippen molar-refractivity contribution < 1.29 is 4.74 Å². The van der Waals surface area contributed by atoms with Gasteiger partial charge in [-0.15, -0.1) is 0 Å². The fourth-order valence-corrected chi connectivity index (χ4v) is 3.16. The number of hydrogen-bond donors (Lipinski definition) is 2. The highest BCUT2D eigenvalue weighted by Crippen LogP contribution is 2.22. The maximum Gasteiger partial charge on any atom is 0.131 e. The van der Waals surface area contributed by atoms with Crippen LogP contribution in [0, 0.1) is 6.92 Å². The van der Waals surface area contributed by atoms with E-state index in [0.717, 1.165) is 43.7 Å². The lowest BCUT2D eigenvalue weighted by Crippen LogP contribution is -2.48. The molecule has 1 aromatic rings. The van der Waals surface area contributed by atoms with E-state index in [1.165, 1.54) is 19.4 Å². The molecule has 2 aliphatic rings. The fraction of sp³-hybridized carbons (Fsp3) is 0.733. The molecule has 116 valence electrons. The number of morpholine rings is 1. The molecule has 2 N–H and O–H groups in total. The highest BCUT2D eigenvalue weighted by atomic mass is 16.5. The summed E-state index contributed by atoms with van der Waals surface area (Å²) in [5, 5.41) is 6.62. The number of nitrogens with zero attached hydrogens (tertiary/aromatic N) is 3. The van der Waals surface area contributed by atoms with Gasteiger partial charge in [0.05, 0.1) is 12.7 Å². The van der Waals surface area contributed by atoms with Crippen molar-refractivity contribution in [3.05, 3.63) is 11.9 Å². The van der Waals surface area contributed by atoms with Crippen molar-refractivity contribution in [3.8, 4) is 0 Å². The van der Waals surface area contributed by atoms with E-state index in [0.29, 0.717) is 6.04 Å². The number of rotatable bonds is 5. The molecule has 2 aliphatic heterocycles. The zero-order chi connectivity index (χ0) is 14.7. The van der Waals surface area contributed by atoms with Crippen LogP contribution in [0.25, 0.3) is 0 Å². The van der Waals surface area contributed by atoms with E-state index in [1.807, 2.05) is 13.0 Å². The number of anilines is 2. The Hall–Kier alpha value is -1.40. The van der Waals surface area contributed by atoms with E-state index >= 15 is 0 Å². The van der Waals surface area contributed by atoms with Gasteiger partial charge in [-0.25, -0.2) is 9.97 Å². The van der Waals surface area contributed by atoms with Crippen LogP contribution >= 0.6 is 0 Å². The summed E-state index contributed by atoms with van der Waals surface area (Å²) in [6.07, 6.45) is 2.85. The van der Waals surface area contributed by atoms with Crippen LogP contribution in [0.5, 0.6) is 0 Å². The van der Waals surface area contributed by atoms with Crippen molar-refractivity contribution >= 4 is 11.6 Å². The maximum atomic E-state index is 5.96. The van der Waals surface area contributed by atoms with Gasteiger partial charge in [0.2, 0.25) is 0 Å². The summed E-state index contributed by atoms with van der Waals surface area (Å²) < 4.78 is 5.96. The number of aryl methyl sites for hydroxylation is 1. The van der Waals surface area contributed by atoms with E-state index < -0.39 is 0 Å². The van der Waals surface area contributed by atoms with E-state index in [4.69, 9.17) is 4.74 Å². The van der Waals surface area contributed by atoms with Crippen LogP contribution in [0.15, 0.2) is 6.07 Å². The average Bonchev–Trinajstić information content (AvgIpc) is 2.92. The zero-order valence-corrected chi connectivity index (χ0v) is 12.9. The van der Waals surface area contributed by atoms with Crippen LogP contribution in [0.2, 0.25) is 0 Å². The van der Waals surface area contributed by atoms with Crippen LogP contribution in [0.1, 0.15) is 25.6 Å². The SMILES string of the molecule is CCNc1cc(NCC2CN3CCCC3CO2)nc(C)n1. The second kappa shape index (κ2) is 6.58. The molecule has 2 saturated heterocycles. The average molecular weight is 291 g/mol.